The molecule has 86 valence electrons. The van der Waals surface area contributed by atoms with Crippen LogP contribution in [0.15, 0.2) is 0 Å². The first kappa shape index (κ1) is 13.4. The summed E-state index contributed by atoms with van der Waals surface area (Å²) in [6.45, 7) is 1.41. The molecule has 1 atom stereocenters. The van der Waals surface area contributed by atoms with Crippen molar-refractivity contribution in [3.05, 3.63) is 0 Å². The number of nitrogens with zero attached hydrogens (tertiary/aromatic N) is 1. The molecule has 0 aliphatic rings. The van der Waals surface area contributed by atoms with Crippen molar-refractivity contribution in [2.45, 2.75) is 19.4 Å². The highest BCUT2D eigenvalue weighted by molar-refractivity contribution is 5.89. The third-order valence-electron chi connectivity index (χ3n) is 1.76. The van der Waals surface area contributed by atoms with E-state index in [0.717, 1.165) is 4.90 Å². The maximum absolute atomic E-state index is 11.5. The van der Waals surface area contributed by atoms with Crippen molar-refractivity contribution in [3.8, 4) is 0 Å². The fraction of sp³-hybridized carbons (Fsp3) is 0.625. The number of hydrogen-bond donors (Lipinski definition) is 3. The van der Waals surface area contributed by atoms with Crippen molar-refractivity contribution in [2.75, 3.05) is 13.1 Å². The number of hydrogen-bond acceptors (Lipinski definition) is 4. The van der Waals surface area contributed by atoms with Crippen LogP contribution in [0.1, 0.15) is 13.3 Å². The van der Waals surface area contributed by atoms with Crippen LogP contribution in [0, 0.1) is 0 Å². The summed E-state index contributed by atoms with van der Waals surface area (Å²) >= 11 is 0. The number of primary amides is 1. The predicted molar refractivity (Wildman–Crippen MR) is 51.7 cm³/mol. The second-order valence-corrected chi connectivity index (χ2v) is 3.02. The monoisotopic (exact) mass is 217 g/mol. The van der Waals surface area contributed by atoms with Crippen molar-refractivity contribution in [2.24, 2.45) is 11.5 Å². The molecule has 0 fully saturated rings. The van der Waals surface area contributed by atoms with Gasteiger partial charge in [-0.15, -0.1) is 0 Å². The maximum Gasteiger partial charge on any atom is 0.323 e. The van der Waals surface area contributed by atoms with Gasteiger partial charge >= 0.3 is 5.97 Å². The van der Waals surface area contributed by atoms with Crippen LogP contribution < -0.4 is 11.5 Å². The lowest BCUT2D eigenvalue weighted by atomic mass is 10.2. The lowest BCUT2D eigenvalue weighted by molar-refractivity contribution is -0.145. The Labute approximate surface area is 87.0 Å². The number of aliphatic carboxylic acids is 1. The average molecular weight is 217 g/mol. The van der Waals surface area contributed by atoms with Crippen LogP contribution in [0.25, 0.3) is 0 Å². The number of likely N-dealkylation sites (N-methyl/N-ethyl adjacent to an activating group) is 1. The number of nitrogens with two attached hydrogens (primary N) is 2. The van der Waals surface area contributed by atoms with Crippen LogP contribution in [0.2, 0.25) is 0 Å². The van der Waals surface area contributed by atoms with E-state index in [1.165, 1.54) is 0 Å². The summed E-state index contributed by atoms with van der Waals surface area (Å²) in [4.78, 5) is 33.4. The van der Waals surface area contributed by atoms with E-state index in [2.05, 4.69) is 0 Å². The molecule has 7 heteroatoms. The van der Waals surface area contributed by atoms with Crippen molar-refractivity contribution in [1.29, 1.82) is 0 Å². The molecule has 15 heavy (non-hydrogen) atoms. The van der Waals surface area contributed by atoms with Gasteiger partial charge in [0, 0.05) is 6.54 Å². The van der Waals surface area contributed by atoms with Gasteiger partial charge in [-0.05, 0) is 6.92 Å². The Kier molecular flexibility index (Phi) is 5.32. The number of carboxylic acid groups (broad SMARTS) is 1. The largest absolute Gasteiger partial charge is 0.480 e. The van der Waals surface area contributed by atoms with Crippen molar-refractivity contribution in [1.82, 2.24) is 4.90 Å². The number of amides is 2. The summed E-state index contributed by atoms with van der Waals surface area (Å²) in [6, 6.07) is -1.07. The number of rotatable bonds is 6. The van der Waals surface area contributed by atoms with Gasteiger partial charge in [0.1, 0.15) is 6.54 Å². The molecule has 2 amide bonds. The molecule has 0 aromatic rings. The Morgan fingerprint density at radius 2 is 1.93 bits per heavy atom. The van der Waals surface area contributed by atoms with Crippen molar-refractivity contribution in [3.63, 3.8) is 0 Å². The summed E-state index contributed by atoms with van der Waals surface area (Å²) in [5.41, 5.74) is 10.3. The highest BCUT2D eigenvalue weighted by atomic mass is 16.4. The number of carboxylic acids is 1. The van der Waals surface area contributed by atoms with E-state index in [9.17, 15) is 14.4 Å². The van der Waals surface area contributed by atoms with Gasteiger partial charge in [0.05, 0.1) is 12.5 Å². The molecule has 0 saturated heterocycles. The lowest BCUT2D eigenvalue weighted by Gasteiger charge is -2.21. The van der Waals surface area contributed by atoms with E-state index in [-0.39, 0.29) is 13.0 Å². The molecular weight excluding hydrogens is 202 g/mol. The van der Waals surface area contributed by atoms with Crippen molar-refractivity contribution < 1.29 is 19.5 Å². The molecule has 0 aliphatic carbocycles. The molecule has 0 aliphatic heterocycles. The van der Waals surface area contributed by atoms with Crippen LogP contribution in [0.3, 0.4) is 0 Å². The molecule has 5 N–H and O–H groups in total. The highest BCUT2D eigenvalue weighted by Gasteiger charge is 2.22. The minimum absolute atomic E-state index is 0.220. The van der Waals surface area contributed by atoms with Crippen LogP contribution in [0.4, 0.5) is 0 Å². The zero-order chi connectivity index (χ0) is 12.0. The summed E-state index contributed by atoms with van der Waals surface area (Å²) in [6.07, 6.45) is -0.283. The third kappa shape index (κ3) is 4.96. The van der Waals surface area contributed by atoms with E-state index in [4.69, 9.17) is 16.6 Å². The van der Waals surface area contributed by atoms with Crippen LogP contribution in [-0.4, -0.2) is 46.9 Å². The number of carbonyl (C=O) groups excluding carboxylic acids is 2. The molecule has 0 saturated carbocycles. The summed E-state index contributed by atoms with van der Waals surface area (Å²) in [5.74, 6) is -2.41. The first-order valence-electron chi connectivity index (χ1n) is 4.43. The zero-order valence-electron chi connectivity index (χ0n) is 8.47. The topological polar surface area (TPSA) is 127 Å². The molecule has 1 unspecified atom stereocenters. The van der Waals surface area contributed by atoms with E-state index in [1.807, 2.05) is 0 Å². The summed E-state index contributed by atoms with van der Waals surface area (Å²) < 4.78 is 0. The minimum Gasteiger partial charge on any atom is -0.480 e. The van der Waals surface area contributed by atoms with Gasteiger partial charge in [0.15, 0.2) is 0 Å². The lowest BCUT2D eigenvalue weighted by Crippen LogP contribution is -2.47. The standard InChI is InChI=1S/C8H15N3O4/c1-2-11(4-7(13)14)8(15)5(9)3-6(10)12/h5H,2-4,9H2,1H3,(H2,10,12)(H,13,14). The average Bonchev–Trinajstić information content (AvgIpc) is 2.11. The summed E-state index contributed by atoms with van der Waals surface area (Å²) in [7, 11) is 0. The van der Waals surface area contributed by atoms with Crippen LogP contribution in [-0.2, 0) is 14.4 Å². The first-order chi connectivity index (χ1) is 6.88. The van der Waals surface area contributed by atoms with Gasteiger partial charge in [0.25, 0.3) is 0 Å². The van der Waals surface area contributed by atoms with Gasteiger partial charge in [-0.3, -0.25) is 14.4 Å². The Morgan fingerprint density at radius 3 is 2.27 bits per heavy atom. The molecule has 0 aromatic heterocycles. The molecule has 0 bridgehead atoms. The van der Waals surface area contributed by atoms with Gasteiger partial charge in [-0.2, -0.15) is 0 Å². The quantitative estimate of drug-likeness (QED) is 0.480. The number of carbonyl (C=O) groups is 3. The predicted octanol–water partition coefficient (Wildman–Crippen LogP) is -1.88. The maximum atomic E-state index is 11.5. The Balaban J connectivity index is 4.36. The third-order valence-corrected chi connectivity index (χ3v) is 1.76. The molecule has 0 aromatic carbocycles. The molecule has 0 heterocycles. The molecule has 0 spiro atoms. The van der Waals surface area contributed by atoms with E-state index >= 15 is 0 Å². The Morgan fingerprint density at radius 1 is 1.40 bits per heavy atom. The first-order valence-corrected chi connectivity index (χ1v) is 4.43. The fourth-order valence-electron chi connectivity index (χ4n) is 1.05. The van der Waals surface area contributed by atoms with Gasteiger partial charge in [-0.1, -0.05) is 0 Å². The Bertz CT molecular complexity index is 267. The minimum atomic E-state index is -1.13. The van der Waals surface area contributed by atoms with Crippen LogP contribution in [0.5, 0.6) is 0 Å². The second kappa shape index (κ2) is 5.97. The Hall–Kier alpha value is -1.63. The molecule has 0 radical (unpaired) electrons. The normalized spacial score (nSPS) is 11.9. The van der Waals surface area contributed by atoms with E-state index in [0.29, 0.717) is 0 Å². The van der Waals surface area contributed by atoms with Crippen molar-refractivity contribution >= 4 is 17.8 Å². The fourth-order valence-corrected chi connectivity index (χ4v) is 1.05. The second-order valence-electron chi connectivity index (χ2n) is 3.02. The molecule has 7 nitrogen and oxygen atoms in total. The van der Waals surface area contributed by atoms with Gasteiger partial charge < -0.3 is 21.5 Å². The highest BCUT2D eigenvalue weighted by Crippen LogP contribution is 1.97. The smallest absolute Gasteiger partial charge is 0.323 e. The van der Waals surface area contributed by atoms with E-state index < -0.39 is 30.4 Å². The van der Waals surface area contributed by atoms with E-state index in [1.54, 1.807) is 6.92 Å². The van der Waals surface area contributed by atoms with Gasteiger partial charge in [0.2, 0.25) is 11.8 Å². The SMILES string of the molecule is CCN(CC(=O)O)C(=O)C(N)CC(N)=O. The van der Waals surface area contributed by atoms with Crippen LogP contribution >= 0.6 is 0 Å². The summed E-state index contributed by atoms with van der Waals surface area (Å²) in [5, 5.41) is 8.50. The molecular formula is C8H15N3O4. The van der Waals surface area contributed by atoms with Gasteiger partial charge in [-0.25, -0.2) is 0 Å². The molecule has 0 rings (SSSR count). The zero-order valence-corrected chi connectivity index (χ0v) is 8.47.